The Hall–Kier alpha value is -2.01. The van der Waals surface area contributed by atoms with Gasteiger partial charge in [0, 0.05) is 18.1 Å². The molecule has 1 aromatic heterocycles. The summed E-state index contributed by atoms with van der Waals surface area (Å²) in [5, 5.41) is 12.2. The van der Waals surface area contributed by atoms with Crippen molar-refractivity contribution >= 4 is 17.4 Å². The predicted octanol–water partition coefficient (Wildman–Crippen LogP) is 2.46. The highest BCUT2D eigenvalue weighted by molar-refractivity contribution is 6.31. The summed E-state index contributed by atoms with van der Waals surface area (Å²) >= 11 is 5.87. The van der Waals surface area contributed by atoms with Crippen molar-refractivity contribution < 1.29 is 4.74 Å². The van der Waals surface area contributed by atoms with Crippen molar-refractivity contribution in [2.24, 2.45) is 12.8 Å². The van der Waals surface area contributed by atoms with Crippen LogP contribution in [0.4, 0.5) is 0 Å². The van der Waals surface area contributed by atoms with Gasteiger partial charge in [-0.2, -0.15) is 5.10 Å². The van der Waals surface area contributed by atoms with Crippen LogP contribution in [0.1, 0.15) is 11.3 Å². The molecule has 0 bridgehead atoms. The fourth-order valence-electron chi connectivity index (χ4n) is 1.60. The molecular formula is C12H13ClN4O. The van der Waals surface area contributed by atoms with Gasteiger partial charge in [0.05, 0.1) is 11.3 Å². The average Bonchev–Trinajstić information content (AvgIpc) is 2.60. The van der Waals surface area contributed by atoms with Crippen LogP contribution in [-0.4, -0.2) is 15.6 Å². The number of rotatable bonds is 3. The summed E-state index contributed by atoms with van der Waals surface area (Å²) in [5.41, 5.74) is 6.81. The highest BCUT2D eigenvalue weighted by atomic mass is 35.5. The largest absolute Gasteiger partial charge is 0.439 e. The molecule has 2 rings (SSSR count). The molecule has 0 aliphatic carbocycles. The second kappa shape index (κ2) is 4.70. The summed E-state index contributed by atoms with van der Waals surface area (Å²) in [6.45, 7) is 1.88. The molecule has 0 aliphatic rings. The number of amidine groups is 1. The minimum Gasteiger partial charge on any atom is -0.439 e. The zero-order valence-corrected chi connectivity index (χ0v) is 10.8. The van der Waals surface area contributed by atoms with E-state index in [9.17, 15) is 0 Å². The molecule has 0 atom stereocenters. The summed E-state index contributed by atoms with van der Waals surface area (Å²) in [6, 6.07) is 6.77. The van der Waals surface area contributed by atoms with Gasteiger partial charge in [-0.1, -0.05) is 11.6 Å². The minimum atomic E-state index is -0.0913. The highest BCUT2D eigenvalue weighted by Gasteiger charge is 2.11. The van der Waals surface area contributed by atoms with Crippen molar-refractivity contribution in [2.45, 2.75) is 6.92 Å². The van der Waals surface area contributed by atoms with Crippen LogP contribution in [0.25, 0.3) is 0 Å². The van der Waals surface area contributed by atoms with Gasteiger partial charge in [-0.3, -0.25) is 5.41 Å². The van der Waals surface area contributed by atoms with Crippen LogP contribution in [0.5, 0.6) is 11.6 Å². The molecule has 18 heavy (non-hydrogen) atoms. The van der Waals surface area contributed by atoms with Crippen LogP contribution in [0.2, 0.25) is 5.02 Å². The number of nitrogens with one attached hydrogen (secondary N) is 1. The smallest absolute Gasteiger partial charge is 0.217 e. The molecule has 94 valence electrons. The van der Waals surface area contributed by atoms with E-state index >= 15 is 0 Å². The molecule has 0 radical (unpaired) electrons. The van der Waals surface area contributed by atoms with Gasteiger partial charge >= 0.3 is 0 Å². The Bertz CT molecular complexity index is 606. The van der Waals surface area contributed by atoms with E-state index < -0.39 is 0 Å². The second-order valence-electron chi connectivity index (χ2n) is 3.90. The van der Waals surface area contributed by atoms with Gasteiger partial charge in [-0.15, -0.1) is 0 Å². The number of benzene rings is 1. The first-order valence-corrected chi connectivity index (χ1v) is 5.67. The van der Waals surface area contributed by atoms with Gasteiger partial charge in [0.1, 0.15) is 11.6 Å². The monoisotopic (exact) mass is 264 g/mol. The highest BCUT2D eigenvalue weighted by Crippen LogP contribution is 2.27. The van der Waals surface area contributed by atoms with E-state index in [-0.39, 0.29) is 5.84 Å². The standard InChI is InChI=1S/C12H13ClN4O/c1-7-5-11(17(2)16-7)18-10-4-3-8(13)6-9(10)12(14)15/h3-6H,1-2H3,(H3,14,15). The molecule has 1 aromatic carbocycles. The molecular weight excluding hydrogens is 252 g/mol. The number of aromatic nitrogens is 2. The summed E-state index contributed by atoms with van der Waals surface area (Å²) in [6.07, 6.45) is 0. The molecule has 1 heterocycles. The first-order chi connectivity index (χ1) is 8.47. The van der Waals surface area contributed by atoms with Crippen LogP contribution in [0.15, 0.2) is 24.3 Å². The third kappa shape index (κ3) is 2.46. The number of halogens is 1. The van der Waals surface area contributed by atoms with Crippen LogP contribution >= 0.6 is 11.6 Å². The average molecular weight is 265 g/mol. The second-order valence-corrected chi connectivity index (χ2v) is 4.34. The van der Waals surface area contributed by atoms with Crippen molar-refractivity contribution in [1.82, 2.24) is 9.78 Å². The molecule has 0 unspecified atom stereocenters. The third-order valence-electron chi connectivity index (χ3n) is 2.41. The lowest BCUT2D eigenvalue weighted by molar-refractivity contribution is 0.430. The van der Waals surface area contributed by atoms with Crippen molar-refractivity contribution in [3.05, 3.63) is 40.5 Å². The first-order valence-electron chi connectivity index (χ1n) is 5.30. The van der Waals surface area contributed by atoms with Crippen LogP contribution < -0.4 is 10.5 Å². The minimum absolute atomic E-state index is 0.0913. The van der Waals surface area contributed by atoms with E-state index in [0.29, 0.717) is 22.2 Å². The zero-order chi connectivity index (χ0) is 13.3. The molecule has 0 fully saturated rings. The van der Waals surface area contributed by atoms with Gasteiger partial charge < -0.3 is 10.5 Å². The zero-order valence-electron chi connectivity index (χ0n) is 10.1. The van der Waals surface area contributed by atoms with Gasteiger partial charge in [0.15, 0.2) is 0 Å². The van der Waals surface area contributed by atoms with Crippen molar-refractivity contribution in [2.75, 3.05) is 0 Å². The number of hydrogen-bond donors (Lipinski definition) is 2. The Morgan fingerprint density at radius 3 is 2.72 bits per heavy atom. The van der Waals surface area contributed by atoms with Crippen LogP contribution in [-0.2, 0) is 7.05 Å². The quantitative estimate of drug-likeness (QED) is 0.660. The lowest BCUT2D eigenvalue weighted by Gasteiger charge is -2.10. The molecule has 5 nitrogen and oxygen atoms in total. The summed E-state index contributed by atoms with van der Waals surface area (Å²) in [4.78, 5) is 0. The van der Waals surface area contributed by atoms with Gasteiger partial charge in [-0.25, -0.2) is 4.68 Å². The van der Waals surface area contributed by atoms with E-state index in [1.54, 1.807) is 36.0 Å². The maximum atomic E-state index is 7.51. The van der Waals surface area contributed by atoms with E-state index in [4.69, 9.17) is 27.5 Å². The molecule has 0 saturated heterocycles. The number of hydrogen-bond acceptors (Lipinski definition) is 3. The number of nitrogen functional groups attached to an aromatic ring is 1. The predicted molar refractivity (Wildman–Crippen MR) is 70.5 cm³/mol. The topological polar surface area (TPSA) is 76.9 Å². The van der Waals surface area contributed by atoms with E-state index in [0.717, 1.165) is 5.69 Å². The maximum Gasteiger partial charge on any atom is 0.217 e. The molecule has 2 aromatic rings. The fraction of sp³-hybridized carbons (Fsp3) is 0.167. The molecule has 0 aliphatic heterocycles. The Morgan fingerprint density at radius 1 is 1.44 bits per heavy atom. The Labute approximate surface area is 110 Å². The molecule has 6 heteroatoms. The van der Waals surface area contributed by atoms with Crippen LogP contribution in [0, 0.1) is 12.3 Å². The van der Waals surface area contributed by atoms with E-state index in [1.807, 2.05) is 6.92 Å². The number of nitrogens with zero attached hydrogens (tertiary/aromatic N) is 2. The summed E-state index contributed by atoms with van der Waals surface area (Å²) in [5.74, 6) is 0.971. The lowest BCUT2D eigenvalue weighted by Crippen LogP contribution is -2.12. The van der Waals surface area contributed by atoms with Crippen molar-refractivity contribution in [3.8, 4) is 11.6 Å². The molecule has 3 N–H and O–H groups in total. The Kier molecular flexibility index (Phi) is 3.25. The summed E-state index contributed by atoms with van der Waals surface area (Å²) in [7, 11) is 1.78. The fourth-order valence-corrected chi connectivity index (χ4v) is 1.77. The maximum absolute atomic E-state index is 7.51. The normalized spacial score (nSPS) is 10.4. The van der Waals surface area contributed by atoms with E-state index in [2.05, 4.69) is 5.10 Å². The lowest BCUT2D eigenvalue weighted by atomic mass is 10.2. The van der Waals surface area contributed by atoms with Crippen LogP contribution in [0.3, 0.4) is 0 Å². The molecule has 0 spiro atoms. The summed E-state index contributed by atoms with van der Waals surface area (Å²) < 4.78 is 7.32. The molecule has 0 saturated carbocycles. The molecule has 0 amide bonds. The third-order valence-corrected chi connectivity index (χ3v) is 2.64. The number of ether oxygens (including phenoxy) is 1. The SMILES string of the molecule is Cc1cc(Oc2ccc(Cl)cc2C(=N)N)n(C)n1. The van der Waals surface area contributed by atoms with Crippen molar-refractivity contribution in [3.63, 3.8) is 0 Å². The van der Waals surface area contributed by atoms with Gasteiger partial charge in [0.2, 0.25) is 5.88 Å². The van der Waals surface area contributed by atoms with Gasteiger partial charge in [-0.05, 0) is 25.1 Å². The van der Waals surface area contributed by atoms with E-state index in [1.165, 1.54) is 0 Å². The first kappa shape index (κ1) is 12.4. The van der Waals surface area contributed by atoms with Gasteiger partial charge in [0.25, 0.3) is 0 Å². The Morgan fingerprint density at radius 2 is 2.17 bits per heavy atom. The number of nitrogens with two attached hydrogens (primary N) is 1. The number of aryl methyl sites for hydroxylation is 2. The Balaban J connectivity index is 2.40. The van der Waals surface area contributed by atoms with Crippen molar-refractivity contribution in [1.29, 1.82) is 5.41 Å².